The van der Waals surface area contributed by atoms with E-state index in [-0.39, 0.29) is 47.3 Å². The van der Waals surface area contributed by atoms with Crippen molar-refractivity contribution in [2.45, 2.75) is 159 Å². The maximum atomic E-state index is 7.89. The van der Waals surface area contributed by atoms with E-state index in [4.69, 9.17) is 32.9 Å². The molecule has 1 heterocycles. The van der Waals surface area contributed by atoms with Crippen molar-refractivity contribution in [1.29, 1.82) is 0 Å². The number of hydrogen-bond acceptors (Lipinski definition) is 8. The predicted octanol–water partition coefficient (Wildman–Crippen LogP) is 14.7. The van der Waals surface area contributed by atoms with Crippen LogP contribution in [0.3, 0.4) is 0 Å². The molecule has 64 heavy (non-hydrogen) atoms. The smallest absolute Gasteiger partial charge is 0.347 e. The molecule has 0 aromatic heterocycles. The molecule has 0 radical (unpaired) electrons. The fourth-order valence-corrected chi connectivity index (χ4v) is 53.2. The minimum atomic E-state index is -3.54. The van der Waals surface area contributed by atoms with E-state index in [0.717, 1.165) is 0 Å². The van der Waals surface area contributed by atoms with Gasteiger partial charge >= 0.3 is 68.5 Å². The summed E-state index contributed by atoms with van der Waals surface area (Å²) in [6, 6.07) is 4.87. The molecule has 1 saturated heterocycles. The molecule has 0 aromatic carbocycles. The van der Waals surface area contributed by atoms with Gasteiger partial charge in [-0.25, -0.2) is 0 Å². The lowest BCUT2D eigenvalue weighted by atomic mass is 10.3. The van der Waals surface area contributed by atoms with Crippen molar-refractivity contribution in [3.63, 3.8) is 0 Å². The molecule has 16 heteroatoms. The van der Waals surface area contributed by atoms with Crippen LogP contribution in [0.15, 0.2) is 98.2 Å². The second-order valence-electron chi connectivity index (χ2n) is 21.7. The number of rotatable bonds is 24. The molecular weight excluding hydrogens is 929 g/mol. The lowest BCUT2D eigenvalue weighted by Gasteiger charge is -2.51. The van der Waals surface area contributed by atoms with Crippen LogP contribution in [0.2, 0.25) is 48.4 Å². The molecule has 0 unspecified atom stereocenters. The van der Waals surface area contributed by atoms with E-state index >= 15 is 0 Å². The van der Waals surface area contributed by atoms with Gasteiger partial charge in [-0.1, -0.05) is 156 Å². The van der Waals surface area contributed by atoms with Crippen LogP contribution in [-0.4, -0.2) is 68.5 Å². The lowest BCUT2D eigenvalue weighted by molar-refractivity contribution is 0.227. The predicted molar refractivity (Wildman–Crippen MR) is 293 cm³/mol. The van der Waals surface area contributed by atoms with Crippen molar-refractivity contribution in [1.82, 2.24) is 0 Å². The third kappa shape index (κ3) is 18.0. The molecule has 1 rings (SSSR count). The summed E-state index contributed by atoms with van der Waals surface area (Å²) in [5, 5.41) is 0. The Labute approximate surface area is 403 Å². The monoisotopic (exact) mass is 1020 g/mol. The molecule has 1 fully saturated rings. The van der Waals surface area contributed by atoms with Gasteiger partial charge in [-0.05, 0) is 95.7 Å². The van der Waals surface area contributed by atoms with Crippen LogP contribution < -0.4 is 0 Å². The summed E-state index contributed by atoms with van der Waals surface area (Å²) in [4.78, 5) is 0. The van der Waals surface area contributed by atoms with Gasteiger partial charge in [0, 0.05) is 0 Å². The second kappa shape index (κ2) is 25.8. The van der Waals surface area contributed by atoms with E-state index in [1.54, 1.807) is 0 Å². The average Bonchev–Trinajstić information content (AvgIpc) is 3.14. The summed E-state index contributed by atoms with van der Waals surface area (Å²) in [6.07, 6.45) is 0. The topological polar surface area (TPSA) is 73.8 Å². The molecule has 1 aliphatic heterocycles. The molecule has 0 saturated carbocycles. The maximum absolute atomic E-state index is 7.89. The van der Waals surface area contributed by atoms with Gasteiger partial charge in [-0.15, -0.1) is 52.6 Å². The third-order valence-corrected chi connectivity index (χ3v) is 49.0. The Kier molecular flexibility index (Phi) is 24.7. The van der Waals surface area contributed by atoms with Gasteiger partial charge in [-0.2, -0.15) is 0 Å². The molecule has 8 nitrogen and oxygen atoms in total. The Balaban J connectivity index is 5.07. The lowest BCUT2D eigenvalue weighted by Crippen LogP contribution is -2.69. The van der Waals surface area contributed by atoms with E-state index in [0.29, 0.717) is 48.4 Å². The summed E-state index contributed by atoms with van der Waals surface area (Å²) >= 11 is 0. The van der Waals surface area contributed by atoms with Crippen molar-refractivity contribution in [3.8, 4) is 0 Å². The third-order valence-electron chi connectivity index (χ3n) is 10.8. The highest BCUT2D eigenvalue weighted by molar-refractivity contribution is 7.00. The van der Waals surface area contributed by atoms with Gasteiger partial charge in [0.1, 0.15) is 0 Å². The molecule has 1 aliphatic rings. The molecule has 0 N–H and O–H groups in total. The van der Waals surface area contributed by atoms with Crippen LogP contribution in [0, 0.1) is 47.3 Å². The Morgan fingerprint density at radius 1 is 0.219 bits per heavy atom. The second-order valence-corrected chi connectivity index (χ2v) is 47.8. The standard InChI is InChI=1S/C48H96O8Si8/c1-25-57(33-41(9)10)49-58(26-2,34-42(11)12)51-60(28-4,36-44(15)16)53-62(30-6,38-46(19)20)55-64(32-8,40-48(23)24)56-63(31-7,39-47(21)22)54-61(29-5,37-45(17)18)52-59(27-3,50-57)35-43(13)14/h25-32,41-48H,1-8,33-40H2,9-24H3. The van der Waals surface area contributed by atoms with E-state index < -0.39 is 68.5 Å². The Bertz CT molecular complexity index is 1190. The Morgan fingerprint density at radius 2 is 0.297 bits per heavy atom. The summed E-state index contributed by atoms with van der Waals surface area (Å²) in [6.45, 7) is 71.5. The Hall–Kier alpha value is -0.665. The van der Waals surface area contributed by atoms with Crippen molar-refractivity contribution in [2.24, 2.45) is 47.3 Å². The van der Waals surface area contributed by atoms with Crippen LogP contribution in [0.4, 0.5) is 0 Å². The molecule has 0 bridgehead atoms. The highest BCUT2D eigenvalue weighted by Crippen LogP contribution is 2.44. The zero-order valence-corrected chi connectivity index (χ0v) is 51.8. The van der Waals surface area contributed by atoms with E-state index in [1.165, 1.54) is 0 Å². The largest absolute Gasteiger partial charge is 0.409 e. The quantitative estimate of drug-likeness (QED) is 0.0886. The van der Waals surface area contributed by atoms with Crippen molar-refractivity contribution in [3.05, 3.63) is 98.2 Å². The maximum Gasteiger partial charge on any atom is 0.347 e. The summed E-state index contributed by atoms with van der Waals surface area (Å²) in [5.41, 5.74) is 15.6. The Morgan fingerprint density at radius 3 is 0.344 bits per heavy atom. The first-order valence-corrected chi connectivity index (χ1v) is 41.0. The van der Waals surface area contributed by atoms with Crippen LogP contribution >= 0.6 is 0 Å². The van der Waals surface area contributed by atoms with Crippen LogP contribution in [-0.2, 0) is 32.9 Å². The molecule has 0 atom stereocenters. The number of hydrogen-bond donors (Lipinski definition) is 0. The minimum Gasteiger partial charge on any atom is -0.409 e. The van der Waals surface area contributed by atoms with E-state index in [2.05, 4.69) is 163 Å². The minimum absolute atomic E-state index is 0.182. The van der Waals surface area contributed by atoms with E-state index in [1.807, 2.05) is 45.6 Å². The summed E-state index contributed by atoms with van der Waals surface area (Å²) < 4.78 is 63.1. The first-order valence-electron chi connectivity index (χ1n) is 24.2. The molecule has 0 aliphatic carbocycles. The van der Waals surface area contributed by atoms with E-state index in [9.17, 15) is 0 Å². The normalized spacial score (nSPS) is 33.9. The van der Waals surface area contributed by atoms with Crippen LogP contribution in [0.25, 0.3) is 0 Å². The fraction of sp³-hybridized carbons (Fsp3) is 0.667. The fourth-order valence-electron chi connectivity index (χ4n) is 9.06. The molecule has 0 aromatic rings. The highest BCUT2D eigenvalue weighted by Gasteiger charge is 2.62. The van der Waals surface area contributed by atoms with Gasteiger partial charge in [0.05, 0.1) is 0 Å². The molecule has 368 valence electrons. The zero-order chi connectivity index (χ0) is 49.6. The van der Waals surface area contributed by atoms with Crippen LogP contribution in [0.1, 0.15) is 111 Å². The van der Waals surface area contributed by atoms with Crippen LogP contribution in [0.5, 0.6) is 0 Å². The average molecular weight is 1030 g/mol. The van der Waals surface area contributed by atoms with Gasteiger partial charge in [-0.3, -0.25) is 0 Å². The van der Waals surface area contributed by atoms with Gasteiger partial charge in [0.2, 0.25) is 0 Å². The molecule has 0 amide bonds. The van der Waals surface area contributed by atoms with Crippen molar-refractivity contribution in [2.75, 3.05) is 0 Å². The zero-order valence-electron chi connectivity index (χ0n) is 43.8. The van der Waals surface area contributed by atoms with Gasteiger partial charge < -0.3 is 32.9 Å². The van der Waals surface area contributed by atoms with Gasteiger partial charge in [0.15, 0.2) is 0 Å². The van der Waals surface area contributed by atoms with Crippen molar-refractivity contribution >= 4 is 68.5 Å². The van der Waals surface area contributed by atoms with Crippen molar-refractivity contribution < 1.29 is 32.9 Å². The summed E-state index contributed by atoms with van der Waals surface area (Å²) in [5.74, 6) is 1.46. The van der Waals surface area contributed by atoms with Gasteiger partial charge in [0.25, 0.3) is 0 Å². The first kappa shape index (κ1) is 61.4. The SMILES string of the molecule is C=C[Si]1(CC(C)C)O[Si](C=C)(CC(C)C)O[Si](C=C)(CC(C)C)O[Si](C=C)(CC(C)C)O[Si](C=C)(CC(C)C)O[Si](C=C)(CC(C)C)O[Si](C=C)(CC(C)C)O[Si](C=C)(CC(C)C)O1. The summed E-state index contributed by atoms with van der Waals surface area (Å²) in [7, 11) is -28.3. The molecule has 0 spiro atoms. The highest BCUT2D eigenvalue weighted by atomic mass is 28.5. The molecular formula is C48H96O8Si8. The first-order chi connectivity index (χ1) is 29.5.